The van der Waals surface area contributed by atoms with Crippen molar-refractivity contribution in [1.82, 2.24) is 4.90 Å². The Balaban J connectivity index is 2.79. The SMILES string of the molecule is CN(C)CCCCC(=O)c1ccc([N+](=O)[O-])c([N+](=O)[O-])c1. The fraction of sp³-hybridized carbons (Fsp3) is 0.462. The maximum atomic E-state index is 11.9. The Kier molecular flexibility index (Phi) is 5.92. The van der Waals surface area contributed by atoms with Crippen LogP contribution in [0.3, 0.4) is 0 Å². The number of nitro benzene ring substituents is 2. The second kappa shape index (κ2) is 7.44. The van der Waals surface area contributed by atoms with E-state index >= 15 is 0 Å². The van der Waals surface area contributed by atoms with Gasteiger partial charge in [-0.05, 0) is 39.5 Å². The van der Waals surface area contributed by atoms with E-state index in [1.54, 1.807) is 0 Å². The molecule has 0 aliphatic heterocycles. The van der Waals surface area contributed by atoms with Gasteiger partial charge in [0.05, 0.1) is 9.85 Å². The Hall–Kier alpha value is -2.35. The number of carbonyl (C=O) groups is 1. The molecule has 1 rings (SSSR count). The number of hydrogen-bond acceptors (Lipinski definition) is 6. The van der Waals surface area contributed by atoms with Crippen LogP contribution in [0.15, 0.2) is 18.2 Å². The lowest BCUT2D eigenvalue weighted by atomic mass is 10.0. The van der Waals surface area contributed by atoms with Gasteiger partial charge in [0.25, 0.3) is 0 Å². The first-order chi connectivity index (χ1) is 9.82. The van der Waals surface area contributed by atoms with Crippen molar-refractivity contribution in [3.05, 3.63) is 44.0 Å². The molecule has 0 spiro atoms. The summed E-state index contributed by atoms with van der Waals surface area (Å²) in [6.45, 7) is 0.855. The molecule has 0 aliphatic carbocycles. The largest absolute Gasteiger partial charge is 0.346 e. The van der Waals surface area contributed by atoms with Crippen molar-refractivity contribution in [2.75, 3.05) is 20.6 Å². The van der Waals surface area contributed by atoms with Crippen LogP contribution >= 0.6 is 0 Å². The Morgan fingerprint density at radius 1 is 1.10 bits per heavy atom. The number of Topliss-reactive ketones (excluding diaryl/α,β-unsaturated/α-hetero) is 1. The molecule has 0 bridgehead atoms. The predicted molar refractivity (Wildman–Crippen MR) is 76.5 cm³/mol. The molecule has 0 amide bonds. The number of nitrogens with zero attached hydrogens (tertiary/aromatic N) is 3. The lowest BCUT2D eigenvalue weighted by Gasteiger charge is -2.08. The molecule has 0 fully saturated rings. The minimum Gasteiger partial charge on any atom is -0.309 e. The molecule has 0 radical (unpaired) electrons. The van der Waals surface area contributed by atoms with Crippen LogP contribution in [0.25, 0.3) is 0 Å². The number of carbonyl (C=O) groups excluding carboxylic acids is 1. The van der Waals surface area contributed by atoms with E-state index in [2.05, 4.69) is 0 Å². The van der Waals surface area contributed by atoms with E-state index in [-0.39, 0.29) is 17.8 Å². The Morgan fingerprint density at radius 2 is 1.71 bits per heavy atom. The maximum absolute atomic E-state index is 11.9. The molecule has 0 aliphatic rings. The van der Waals surface area contributed by atoms with Gasteiger partial charge in [-0.3, -0.25) is 25.0 Å². The zero-order chi connectivity index (χ0) is 16.0. The smallest absolute Gasteiger partial charge is 0.309 e. The van der Waals surface area contributed by atoms with E-state index in [0.29, 0.717) is 6.42 Å². The summed E-state index contributed by atoms with van der Waals surface area (Å²) in [7, 11) is 3.86. The highest BCUT2D eigenvalue weighted by Crippen LogP contribution is 2.28. The van der Waals surface area contributed by atoms with Crippen molar-refractivity contribution in [3.8, 4) is 0 Å². The van der Waals surface area contributed by atoms with E-state index in [4.69, 9.17) is 0 Å². The number of benzene rings is 1. The predicted octanol–water partition coefficient (Wildman–Crippen LogP) is 2.42. The van der Waals surface area contributed by atoms with Gasteiger partial charge in [0.1, 0.15) is 0 Å². The van der Waals surface area contributed by atoms with Crippen LogP contribution in [0, 0.1) is 20.2 Å². The molecule has 0 unspecified atom stereocenters. The summed E-state index contributed by atoms with van der Waals surface area (Å²) >= 11 is 0. The third kappa shape index (κ3) is 4.92. The summed E-state index contributed by atoms with van der Waals surface area (Å²) in [4.78, 5) is 33.8. The first kappa shape index (κ1) is 16.7. The highest BCUT2D eigenvalue weighted by atomic mass is 16.6. The number of ketones is 1. The van der Waals surface area contributed by atoms with Gasteiger partial charge in [-0.25, -0.2) is 0 Å². The quantitative estimate of drug-likeness (QED) is 0.315. The van der Waals surface area contributed by atoms with Crippen LogP contribution in [0.1, 0.15) is 29.6 Å². The molecule has 1 aromatic rings. The Bertz CT molecular complexity index is 557. The maximum Gasteiger partial charge on any atom is 0.346 e. The molecule has 0 N–H and O–H groups in total. The van der Waals surface area contributed by atoms with Gasteiger partial charge in [0.2, 0.25) is 0 Å². The summed E-state index contributed by atoms with van der Waals surface area (Å²) in [6, 6.07) is 3.25. The molecule has 0 atom stereocenters. The standard InChI is InChI=1S/C13H17N3O5/c1-14(2)8-4-3-5-13(17)10-6-7-11(15(18)19)12(9-10)16(20)21/h6-7,9H,3-5,8H2,1-2H3. The number of unbranched alkanes of at least 4 members (excludes halogenated alkanes) is 1. The van der Waals surface area contributed by atoms with E-state index in [9.17, 15) is 25.0 Å². The Labute approximate surface area is 121 Å². The molecule has 0 aromatic heterocycles. The van der Waals surface area contributed by atoms with Crippen LogP contribution in [-0.2, 0) is 0 Å². The number of rotatable bonds is 8. The van der Waals surface area contributed by atoms with Crippen molar-refractivity contribution in [3.63, 3.8) is 0 Å². The van der Waals surface area contributed by atoms with Crippen LogP contribution in [0.5, 0.6) is 0 Å². The van der Waals surface area contributed by atoms with Crippen LogP contribution in [0.4, 0.5) is 11.4 Å². The summed E-state index contributed by atoms with van der Waals surface area (Å²) in [5, 5.41) is 21.5. The highest BCUT2D eigenvalue weighted by molar-refractivity contribution is 5.97. The minimum absolute atomic E-state index is 0.136. The summed E-state index contributed by atoms with van der Waals surface area (Å²) in [5.74, 6) is -0.244. The molecule has 0 saturated carbocycles. The van der Waals surface area contributed by atoms with Gasteiger partial charge < -0.3 is 4.90 Å². The fourth-order valence-corrected chi connectivity index (χ4v) is 1.86. The first-order valence-electron chi connectivity index (χ1n) is 6.43. The first-order valence-corrected chi connectivity index (χ1v) is 6.43. The average Bonchev–Trinajstić information content (AvgIpc) is 2.42. The topological polar surface area (TPSA) is 107 Å². The molecule has 21 heavy (non-hydrogen) atoms. The average molecular weight is 295 g/mol. The van der Waals surface area contributed by atoms with Crippen molar-refractivity contribution in [1.29, 1.82) is 0 Å². The third-order valence-corrected chi connectivity index (χ3v) is 2.95. The highest BCUT2D eigenvalue weighted by Gasteiger charge is 2.25. The summed E-state index contributed by atoms with van der Waals surface area (Å²) in [5.41, 5.74) is -1.12. The van der Waals surface area contributed by atoms with Crippen molar-refractivity contribution < 1.29 is 14.6 Å². The monoisotopic (exact) mass is 295 g/mol. The van der Waals surface area contributed by atoms with Gasteiger partial charge in [-0.1, -0.05) is 0 Å². The van der Waals surface area contributed by atoms with Crippen molar-refractivity contribution in [2.24, 2.45) is 0 Å². The zero-order valence-corrected chi connectivity index (χ0v) is 11.9. The second-order valence-electron chi connectivity index (χ2n) is 4.90. The molecule has 8 heteroatoms. The van der Waals surface area contributed by atoms with Gasteiger partial charge in [-0.2, -0.15) is 0 Å². The van der Waals surface area contributed by atoms with Gasteiger partial charge in [-0.15, -0.1) is 0 Å². The van der Waals surface area contributed by atoms with Crippen LogP contribution < -0.4 is 0 Å². The number of nitro groups is 2. The van der Waals surface area contributed by atoms with Gasteiger partial charge in [0.15, 0.2) is 5.78 Å². The van der Waals surface area contributed by atoms with Gasteiger partial charge >= 0.3 is 11.4 Å². The zero-order valence-electron chi connectivity index (χ0n) is 11.9. The molecule has 1 aromatic carbocycles. The van der Waals surface area contributed by atoms with Crippen molar-refractivity contribution >= 4 is 17.2 Å². The van der Waals surface area contributed by atoms with Crippen molar-refractivity contribution in [2.45, 2.75) is 19.3 Å². The molecular weight excluding hydrogens is 278 g/mol. The lowest BCUT2D eigenvalue weighted by molar-refractivity contribution is -0.422. The molecule has 114 valence electrons. The summed E-state index contributed by atoms with van der Waals surface area (Å²) in [6.07, 6.45) is 1.78. The van der Waals surface area contributed by atoms with E-state index in [1.165, 1.54) is 6.07 Å². The van der Waals surface area contributed by atoms with E-state index < -0.39 is 21.2 Å². The molecule has 0 saturated heterocycles. The fourth-order valence-electron chi connectivity index (χ4n) is 1.86. The minimum atomic E-state index is -0.846. The second-order valence-corrected chi connectivity index (χ2v) is 4.90. The van der Waals surface area contributed by atoms with Gasteiger partial charge in [0, 0.05) is 24.1 Å². The summed E-state index contributed by atoms with van der Waals surface area (Å²) < 4.78 is 0. The third-order valence-electron chi connectivity index (χ3n) is 2.95. The lowest BCUT2D eigenvalue weighted by Crippen LogP contribution is -2.13. The normalized spacial score (nSPS) is 10.6. The van der Waals surface area contributed by atoms with E-state index in [0.717, 1.165) is 25.1 Å². The van der Waals surface area contributed by atoms with E-state index in [1.807, 2.05) is 19.0 Å². The molecular formula is C13H17N3O5. The molecule has 0 heterocycles. The molecule has 8 nitrogen and oxygen atoms in total. The Morgan fingerprint density at radius 3 is 2.24 bits per heavy atom. The number of hydrogen-bond donors (Lipinski definition) is 0. The van der Waals surface area contributed by atoms with Crippen LogP contribution in [-0.4, -0.2) is 41.2 Å². The van der Waals surface area contributed by atoms with Crippen LogP contribution in [0.2, 0.25) is 0 Å².